The van der Waals surface area contributed by atoms with Crippen LogP contribution >= 0.6 is 0 Å². The van der Waals surface area contributed by atoms with Crippen molar-refractivity contribution >= 4 is 5.84 Å². The van der Waals surface area contributed by atoms with Gasteiger partial charge in [0.2, 0.25) is 0 Å². The van der Waals surface area contributed by atoms with Crippen LogP contribution in [-0.2, 0) is 4.74 Å². The van der Waals surface area contributed by atoms with Crippen molar-refractivity contribution in [3.8, 4) is 0 Å². The molecule has 0 aromatic heterocycles. The Labute approximate surface area is 121 Å². The minimum Gasteiger partial charge on any atom is -0.409 e. The Balaban J connectivity index is 1.80. The molecule has 0 aromatic carbocycles. The smallest absolute Gasteiger partial charge is 0.159 e. The maximum Gasteiger partial charge on any atom is 0.159 e. The lowest BCUT2D eigenvalue weighted by atomic mass is 10.00. The Morgan fingerprint density at radius 2 is 2.00 bits per heavy atom. The van der Waals surface area contributed by atoms with Gasteiger partial charge in [-0.2, -0.15) is 0 Å². The van der Waals surface area contributed by atoms with Crippen LogP contribution in [0.3, 0.4) is 0 Å². The highest BCUT2D eigenvalue weighted by molar-refractivity contribution is 5.88. The van der Waals surface area contributed by atoms with Crippen molar-refractivity contribution in [2.75, 3.05) is 39.3 Å². The van der Waals surface area contributed by atoms with Crippen LogP contribution in [0, 0.1) is 0 Å². The average molecular weight is 284 g/mol. The number of hydrogen-bond acceptors (Lipinski definition) is 5. The third kappa shape index (κ3) is 3.62. The van der Waals surface area contributed by atoms with E-state index in [0.29, 0.717) is 6.10 Å². The fraction of sp³-hybridized carbons (Fsp3) is 0.929. The van der Waals surface area contributed by atoms with Crippen LogP contribution in [0.25, 0.3) is 0 Å². The molecule has 2 aliphatic rings. The van der Waals surface area contributed by atoms with E-state index in [-0.39, 0.29) is 11.4 Å². The second-order valence-corrected chi connectivity index (χ2v) is 6.32. The number of amidine groups is 1. The van der Waals surface area contributed by atoms with Gasteiger partial charge in [-0.25, -0.2) is 0 Å². The van der Waals surface area contributed by atoms with E-state index in [1.54, 1.807) is 0 Å². The lowest BCUT2D eigenvalue weighted by Gasteiger charge is -2.44. The van der Waals surface area contributed by atoms with Gasteiger partial charge in [-0.1, -0.05) is 5.16 Å². The molecule has 20 heavy (non-hydrogen) atoms. The number of hydrogen-bond donors (Lipinski definition) is 2. The molecule has 0 aliphatic carbocycles. The quantitative estimate of drug-likeness (QED) is 0.344. The molecule has 1 atom stereocenters. The molecular formula is C14H28N4O2. The van der Waals surface area contributed by atoms with Crippen molar-refractivity contribution < 1.29 is 9.94 Å². The standard InChI is InChI=1S/C14H28N4O2/c1-14(2,13(15)16-19)18-8-6-17(7-9-18)11-12-5-3-4-10-20-12/h12,19H,3-11H2,1-2H3,(H2,15,16). The number of ether oxygens (including phenoxy) is 1. The van der Waals surface area contributed by atoms with Crippen LogP contribution in [-0.4, -0.2) is 71.8 Å². The Kier molecular flexibility index (Phi) is 5.23. The first-order valence-corrected chi connectivity index (χ1v) is 7.61. The average Bonchev–Trinajstić information content (AvgIpc) is 2.48. The zero-order valence-corrected chi connectivity index (χ0v) is 12.7. The summed E-state index contributed by atoms with van der Waals surface area (Å²) in [5.74, 6) is 0.279. The summed E-state index contributed by atoms with van der Waals surface area (Å²) in [4.78, 5) is 4.75. The summed E-state index contributed by atoms with van der Waals surface area (Å²) in [5.41, 5.74) is 5.40. The fourth-order valence-corrected chi connectivity index (χ4v) is 3.01. The summed E-state index contributed by atoms with van der Waals surface area (Å²) in [5, 5.41) is 12.0. The predicted octanol–water partition coefficient (Wildman–Crippen LogP) is 0.698. The molecule has 3 N–H and O–H groups in total. The van der Waals surface area contributed by atoms with Gasteiger partial charge in [0.25, 0.3) is 0 Å². The van der Waals surface area contributed by atoms with E-state index in [1.807, 2.05) is 13.8 Å². The topological polar surface area (TPSA) is 74.3 Å². The van der Waals surface area contributed by atoms with Crippen molar-refractivity contribution in [1.29, 1.82) is 0 Å². The molecule has 0 radical (unpaired) electrons. The highest BCUT2D eigenvalue weighted by atomic mass is 16.5. The molecular weight excluding hydrogens is 256 g/mol. The largest absolute Gasteiger partial charge is 0.409 e. The summed E-state index contributed by atoms with van der Waals surface area (Å²) < 4.78 is 5.80. The molecule has 0 bridgehead atoms. The molecule has 0 saturated carbocycles. The third-order valence-corrected chi connectivity index (χ3v) is 4.63. The molecule has 2 saturated heterocycles. The Morgan fingerprint density at radius 1 is 1.30 bits per heavy atom. The van der Waals surface area contributed by atoms with Crippen LogP contribution in [0.5, 0.6) is 0 Å². The monoisotopic (exact) mass is 284 g/mol. The zero-order chi connectivity index (χ0) is 14.6. The van der Waals surface area contributed by atoms with Crippen molar-refractivity contribution in [2.24, 2.45) is 10.9 Å². The molecule has 6 heteroatoms. The molecule has 2 rings (SSSR count). The molecule has 1 unspecified atom stereocenters. The number of rotatable bonds is 4. The molecule has 2 fully saturated rings. The Bertz CT molecular complexity index is 332. The van der Waals surface area contributed by atoms with Gasteiger partial charge in [-0.05, 0) is 33.1 Å². The highest BCUT2D eigenvalue weighted by Crippen LogP contribution is 2.19. The second kappa shape index (κ2) is 6.74. The van der Waals surface area contributed by atoms with Crippen LogP contribution in [0.1, 0.15) is 33.1 Å². The van der Waals surface area contributed by atoms with E-state index in [4.69, 9.17) is 15.7 Å². The van der Waals surface area contributed by atoms with E-state index >= 15 is 0 Å². The van der Waals surface area contributed by atoms with Crippen molar-refractivity contribution in [2.45, 2.75) is 44.8 Å². The van der Waals surface area contributed by atoms with E-state index in [2.05, 4.69) is 15.0 Å². The van der Waals surface area contributed by atoms with Crippen LogP contribution in [0.2, 0.25) is 0 Å². The van der Waals surface area contributed by atoms with E-state index < -0.39 is 0 Å². The van der Waals surface area contributed by atoms with Crippen LogP contribution in [0.15, 0.2) is 5.16 Å². The Morgan fingerprint density at radius 3 is 2.55 bits per heavy atom. The zero-order valence-electron chi connectivity index (χ0n) is 12.7. The first-order chi connectivity index (χ1) is 9.54. The maximum absolute atomic E-state index is 8.88. The molecule has 0 amide bonds. The van der Waals surface area contributed by atoms with Gasteiger partial charge < -0.3 is 15.7 Å². The van der Waals surface area contributed by atoms with Gasteiger partial charge in [0.15, 0.2) is 5.84 Å². The first-order valence-electron chi connectivity index (χ1n) is 7.61. The van der Waals surface area contributed by atoms with E-state index in [0.717, 1.165) is 39.3 Å². The van der Waals surface area contributed by atoms with Gasteiger partial charge >= 0.3 is 0 Å². The summed E-state index contributed by atoms with van der Waals surface area (Å²) in [6.45, 7) is 9.87. The predicted molar refractivity (Wildman–Crippen MR) is 79.1 cm³/mol. The second-order valence-electron chi connectivity index (χ2n) is 6.32. The van der Waals surface area contributed by atoms with Gasteiger partial charge in [-0.15, -0.1) is 0 Å². The van der Waals surface area contributed by atoms with E-state index in [9.17, 15) is 0 Å². The molecule has 2 aliphatic heterocycles. The lowest BCUT2D eigenvalue weighted by Crippen LogP contribution is -2.60. The summed E-state index contributed by atoms with van der Waals surface area (Å²) >= 11 is 0. The van der Waals surface area contributed by atoms with Crippen LogP contribution < -0.4 is 5.73 Å². The molecule has 2 heterocycles. The molecule has 116 valence electrons. The molecule has 0 aromatic rings. The SMILES string of the molecule is CC(C)(C(N)=NO)N1CCN(CC2CCCCO2)CC1. The minimum absolute atomic E-state index is 0.279. The number of oxime groups is 1. The summed E-state index contributed by atoms with van der Waals surface area (Å²) in [6, 6.07) is 0. The number of nitrogens with two attached hydrogens (primary N) is 1. The van der Waals surface area contributed by atoms with Crippen molar-refractivity contribution in [1.82, 2.24) is 9.80 Å². The third-order valence-electron chi connectivity index (χ3n) is 4.63. The van der Waals surface area contributed by atoms with Crippen molar-refractivity contribution in [3.63, 3.8) is 0 Å². The normalized spacial score (nSPS) is 27.7. The van der Waals surface area contributed by atoms with Crippen molar-refractivity contribution in [3.05, 3.63) is 0 Å². The summed E-state index contributed by atoms with van der Waals surface area (Å²) in [6.07, 6.45) is 4.10. The van der Waals surface area contributed by atoms with Gasteiger partial charge in [-0.3, -0.25) is 9.80 Å². The van der Waals surface area contributed by atoms with Gasteiger partial charge in [0.1, 0.15) is 0 Å². The lowest BCUT2D eigenvalue weighted by molar-refractivity contribution is -0.0183. The molecule has 6 nitrogen and oxygen atoms in total. The molecule has 0 spiro atoms. The number of piperazine rings is 1. The van der Waals surface area contributed by atoms with Crippen LogP contribution in [0.4, 0.5) is 0 Å². The van der Waals surface area contributed by atoms with Gasteiger partial charge in [0, 0.05) is 39.3 Å². The van der Waals surface area contributed by atoms with E-state index in [1.165, 1.54) is 19.3 Å². The fourth-order valence-electron chi connectivity index (χ4n) is 3.01. The minimum atomic E-state index is -0.387. The highest BCUT2D eigenvalue weighted by Gasteiger charge is 2.34. The summed E-state index contributed by atoms with van der Waals surface area (Å²) in [7, 11) is 0. The maximum atomic E-state index is 8.88. The number of nitrogens with zero attached hydrogens (tertiary/aromatic N) is 3. The first kappa shape index (κ1) is 15.5. The Hall–Kier alpha value is -0.850. The van der Waals surface area contributed by atoms with Gasteiger partial charge in [0.05, 0.1) is 11.6 Å².